The van der Waals surface area contributed by atoms with E-state index in [9.17, 15) is 13.2 Å². The van der Waals surface area contributed by atoms with Gasteiger partial charge in [-0.05, 0) is 31.2 Å². The van der Waals surface area contributed by atoms with Gasteiger partial charge in [0.05, 0.1) is 11.4 Å². The van der Waals surface area contributed by atoms with Crippen LogP contribution in [0.1, 0.15) is 5.69 Å². The summed E-state index contributed by atoms with van der Waals surface area (Å²) in [5.74, 6) is -0.275. The van der Waals surface area contributed by atoms with E-state index in [0.29, 0.717) is 16.8 Å². The fourth-order valence-electron chi connectivity index (χ4n) is 2.30. The first kappa shape index (κ1) is 14.3. The molecular formula is C14H11F3N4O. The molecule has 1 aromatic carbocycles. The molecule has 0 fully saturated rings. The first-order valence-electron chi connectivity index (χ1n) is 6.35. The molecule has 2 aromatic heterocycles. The molecule has 0 unspecified atom stereocenters. The van der Waals surface area contributed by atoms with Gasteiger partial charge in [-0.2, -0.15) is 5.10 Å². The van der Waals surface area contributed by atoms with Gasteiger partial charge in [-0.1, -0.05) is 0 Å². The van der Waals surface area contributed by atoms with Crippen molar-refractivity contribution in [3.05, 3.63) is 36.3 Å². The number of ether oxygens (including phenoxy) is 1. The van der Waals surface area contributed by atoms with Crippen molar-refractivity contribution in [2.24, 2.45) is 7.05 Å². The Morgan fingerprint density at radius 2 is 1.77 bits per heavy atom. The van der Waals surface area contributed by atoms with Gasteiger partial charge in [0, 0.05) is 12.6 Å². The van der Waals surface area contributed by atoms with Gasteiger partial charge in [0.2, 0.25) is 0 Å². The van der Waals surface area contributed by atoms with Crippen LogP contribution in [-0.4, -0.2) is 26.1 Å². The molecule has 0 N–H and O–H groups in total. The van der Waals surface area contributed by atoms with Crippen molar-refractivity contribution in [2.75, 3.05) is 0 Å². The van der Waals surface area contributed by atoms with Crippen molar-refractivity contribution in [3.63, 3.8) is 0 Å². The summed E-state index contributed by atoms with van der Waals surface area (Å²) >= 11 is 0. The molecular weight excluding hydrogens is 297 g/mol. The maximum atomic E-state index is 12.2. The molecule has 0 aliphatic rings. The van der Waals surface area contributed by atoms with E-state index in [0.717, 1.165) is 11.2 Å². The zero-order valence-electron chi connectivity index (χ0n) is 11.7. The molecule has 0 amide bonds. The molecule has 0 saturated carbocycles. The molecule has 0 aliphatic heterocycles. The zero-order valence-corrected chi connectivity index (χ0v) is 11.7. The largest absolute Gasteiger partial charge is 0.573 e. The van der Waals surface area contributed by atoms with Gasteiger partial charge in [-0.25, -0.2) is 9.97 Å². The third kappa shape index (κ3) is 2.59. The number of benzene rings is 1. The average molecular weight is 308 g/mol. The topological polar surface area (TPSA) is 52.8 Å². The Morgan fingerprint density at radius 3 is 2.41 bits per heavy atom. The van der Waals surface area contributed by atoms with Crippen molar-refractivity contribution >= 4 is 11.0 Å². The maximum Gasteiger partial charge on any atom is 0.573 e. The van der Waals surface area contributed by atoms with Gasteiger partial charge in [-0.3, -0.25) is 4.68 Å². The van der Waals surface area contributed by atoms with Crippen molar-refractivity contribution < 1.29 is 17.9 Å². The molecule has 2 heterocycles. The predicted molar refractivity (Wildman–Crippen MR) is 73.2 cm³/mol. The maximum absolute atomic E-state index is 12.2. The van der Waals surface area contributed by atoms with Crippen LogP contribution in [0, 0.1) is 6.92 Å². The monoisotopic (exact) mass is 308 g/mol. The van der Waals surface area contributed by atoms with E-state index in [1.165, 1.54) is 30.6 Å². The molecule has 5 nitrogen and oxygen atoms in total. The first-order chi connectivity index (χ1) is 10.3. The average Bonchev–Trinajstić information content (AvgIpc) is 2.73. The Balaban J connectivity index is 2.05. The highest BCUT2D eigenvalue weighted by Crippen LogP contribution is 2.29. The molecule has 22 heavy (non-hydrogen) atoms. The van der Waals surface area contributed by atoms with E-state index >= 15 is 0 Å². The summed E-state index contributed by atoms with van der Waals surface area (Å²) < 4.78 is 42.0. The molecule has 0 atom stereocenters. The Kier molecular flexibility index (Phi) is 3.23. The van der Waals surface area contributed by atoms with E-state index < -0.39 is 6.36 Å². The molecule has 114 valence electrons. The highest BCUT2D eigenvalue weighted by Gasteiger charge is 2.31. The Morgan fingerprint density at radius 1 is 1.09 bits per heavy atom. The van der Waals surface area contributed by atoms with E-state index in [1.807, 2.05) is 6.92 Å². The lowest BCUT2D eigenvalue weighted by atomic mass is 10.1. The lowest BCUT2D eigenvalue weighted by molar-refractivity contribution is -0.274. The van der Waals surface area contributed by atoms with Crippen molar-refractivity contribution in [1.29, 1.82) is 0 Å². The smallest absolute Gasteiger partial charge is 0.406 e. The van der Waals surface area contributed by atoms with Crippen molar-refractivity contribution in [3.8, 4) is 17.0 Å². The van der Waals surface area contributed by atoms with Crippen LogP contribution in [0.5, 0.6) is 5.75 Å². The van der Waals surface area contributed by atoms with E-state index in [-0.39, 0.29) is 5.75 Å². The summed E-state index contributed by atoms with van der Waals surface area (Å²) in [6, 6.07) is 5.54. The minimum Gasteiger partial charge on any atom is -0.406 e. The third-order valence-corrected chi connectivity index (χ3v) is 3.15. The molecule has 3 rings (SSSR count). The SMILES string of the molecule is Cc1nn(C)c2c(-c3ccc(OC(F)(F)F)cc3)ncnc12. The minimum atomic E-state index is -4.71. The van der Waals surface area contributed by atoms with Crippen LogP contribution in [-0.2, 0) is 7.05 Å². The van der Waals surface area contributed by atoms with Crippen LogP contribution in [0.15, 0.2) is 30.6 Å². The number of rotatable bonds is 2. The lowest BCUT2D eigenvalue weighted by Gasteiger charge is -2.09. The van der Waals surface area contributed by atoms with Gasteiger partial charge < -0.3 is 4.74 Å². The third-order valence-electron chi connectivity index (χ3n) is 3.15. The second-order valence-corrected chi connectivity index (χ2v) is 4.70. The van der Waals surface area contributed by atoms with Gasteiger partial charge in [0.15, 0.2) is 0 Å². The molecule has 8 heteroatoms. The number of hydrogen-bond acceptors (Lipinski definition) is 4. The fraction of sp³-hybridized carbons (Fsp3) is 0.214. The van der Waals surface area contributed by atoms with Gasteiger partial charge in [-0.15, -0.1) is 13.2 Å². The van der Waals surface area contributed by atoms with Crippen LogP contribution in [0.2, 0.25) is 0 Å². The van der Waals surface area contributed by atoms with Crippen molar-refractivity contribution in [2.45, 2.75) is 13.3 Å². The highest BCUT2D eigenvalue weighted by molar-refractivity contribution is 5.90. The van der Waals surface area contributed by atoms with Crippen molar-refractivity contribution in [1.82, 2.24) is 19.7 Å². The van der Waals surface area contributed by atoms with Crippen LogP contribution in [0.25, 0.3) is 22.3 Å². The summed E-state index contributed by atoms with van der Waals surface area (Å²) in [6.45, 7) is 1.83. The highest BCUT2D eigenvalue weighted by atomic mass is 19.4. The van der Waals surface area contributed by atoms with Crippen LogP contribution >= 0.6 is 0 Å². The van der Waals surface area contributed by atoms with Gasteiger partial charge in [0.25, 0.3) is 0 Å². The number of hydrogen-bond donors (Lipinski definition) is 0. The van der Waals surface area contributed by atoms with Crippen LogP contribution in [0.3, 0.4) is 0 Å². The molecule has 0 spiro atoms. The second kappa shape index (κ2) is 4.97. The number of aryl methyl sites for hydroxylation is 2. The van der Waals surface area contributed by atoms with E-state index in [1.54, 1.807) is 11.7 Å². The normalized spacial score (nSPS) is 11.9. The Labute approximate surface area is 123 Å². The standard InChI is InChI=1S/C14H11F3N4O/c1-8-11-13(21(2)20-8)12(19-7-18-11)9-3-5-10(6-4-9)22-14(15,16)17/h3-7H,1-2H3. The zero-order chi connectivity index (χ0) is 15.9. The Bertz CT molecular complexity index is 824. The first-order valence-corrected chi connectivity index (χ1v) is 6.35. The second-order valence-electron chi connectivity index (χ2n) is 4.70. The molecule has 3 aromatic rings. The fourth-order valence-corrected chi connectivity index (χ4v) is 2.30. The molecule has 0 radical (unpaired) electrons. The van der Waals surface area contributed by atoms with Crippen LogP contribution < -0.4 is 4.74 Å². The number of fused-ring (bicyclic) bond motifs is 1. The quantitative estimate of drug-likeness (QED) is 0.729. The summed E-state index contributed by atoms with van der Waals surface area (Å²) in [5.41, 5.74) is 3.46. The number of halogens is 3. The Hall–Kier alpha value is -2.64. The lowest BCUT2D eigenvalue weighted by Crippen LogP contribution is -2.16. The summed E-state index contributed by atoms with van der Waals surface area (Å²) in [7, 11) is 1.77. The molecule has 0 bridgehead atoms. The van der Waals surface area contributed by atoms with Crippen LogP contribution in [0.4, 0.5) is 13.2 Å². The number of nitrogens with zero attached hydrogens (tertiary/aromatic N) is 4. The van der Waals surface area contributed by atoms with Gasteiger partial charge >= 0.3 is 6.36 Å². The summed E-state index contributed by atoms with van der Waals surface area (Å²) in [6.07, 6.45) is -3.30. The molecule has 0 saturated heterocycles. The predicted octanol–water partition coefficient (Wildman–Crippen LogP) is 3.24. The van der Waals surface area contributed by atoms with E-state index in [2.05, 4.69) is 19.8 Å². The van der Waals surface area contributed by atoms with E-state index in [4.69, 9.17) is 0 Å². The number of alkyl halides is 3. The summed E-state index contributed by atoms with van der Waals surface area (Å²) in [5, 5.41) is 4.28. The number of aromatic nitrogens is 4. The summed E-state index contributed by atoms with van der Waals surface area (Å²) in [4.78, 5) is 8.41. The minimum absolute atomic E-state index is 0.275. The molecule has 0 aliphatic carbocycles. The van der Waals surface area contributed by atoms with Gasteiger partial charge in [0.1, 0.15) is 23.1 Å².